The second-order valence-corrected chi connectivity index (χ2v) is 4.11. The molecule has 0 saturated heterocycles. The molecule has 0 heterocycles. The third-order valence-corrected chi connectivity index (χ3v) is 2.55. The van der Waals surface area contributed by atoms with E-state index in [1.807, 2.05) is 18.2 Å². The first-order chi connectivity index (χ1) is 9.15. The Kier molecular flexibility index (Phi) is 4.13. The van der Waals surface area contributed by atoms with Gasteiger partial charge in [0.2, 0.25) is 0 Å². The molecular formula is C15H14FNO2. The van der Waals surface area contributed by atoms with Crippen LogP contribution in [0.1, 0.15) is 5.56 Å². The van der Waals surface area contributed by atoms with Crippen molar-refractivity contribution in [1.29, 1.82) is 0 Å². The number of carbonyl (C=O) groups excluding carboxylic acids is 1. The van der Waals surface area contributed by atoms with Gasteiger partial charge in [0.05, 0.1) is 0 Å². The van der Waals surface area contributed by atoms with Crippen LogP contribution in [0, 0.1) is 12.7 Å². The van der Waals surface area contributed by atoms with Gasteiger partial charge < -0.3 is 10.1 Å². The number of hydrogen-bond donors (Lipinski definition) is 1. The molecule has 0 radical (unpaired) electrons. The van der Waals surface area contributed by atoms with E-state index < -0.39 is 0 Å². The Morgan fingerprint density at radius 1 is 1.21 bits per heavy atom. The maximum atomic E-state index is 12.9. The summed E-state index contributed by atoms with van der Waals surface area (Å²) in [6, 6.07) is 13.3. The van der Waals surface area contributed by atoms with Gasteiger partial charge in [-0.25, -0.2) is 4.39 Å². The van der Waals surface area contributed by atoms with Crippen LogP contribution < -0.4 is 10.1 Å². The summed E-state index contributed by atoms with van der Waals surface area (Å²) in [5, 5.41) is 2.70. The van der Waals surface area contributed by atoms with Crippen LogP contribution in [0.4, 0.5) is 10.1 Å². The van der Waals surface area contributed by atoms with E-state index in [0.29, 0.717) is 17.0 Å². The Hall–Kier alpha value is -2.36. The Balaban J connectivity index is 1.90. The first-order valence-corrected chi connectivity index (χ1v) is 5.89. The highest BCUT2D eigenvalue weighted by atomic mass is 19.1. The number of hydrogen-bond acceptors (Lipinski definition) is 2. The summed E-state index contributed by atoms with van der Waals surface area (Å²) in [7, 11) is 0. The van der Waals surface area contributed by atoms with E-state index in [1.54, 1.807) is 19.1 Å². The van der Waals surface area contributed by atoms with Crippen LogP contribution in [-0.4, -0.2) is 12.5 Å². The molecule has 0 saturated carbocycles. The van der Waals surface area contributed by atoms with Gasteiger partial charge in [0, 0.05) is 5.69 Å². The second-order valence-electron chi connectivity index (χ2n) is 4.11. The second kappa shape index (κ2) is 6.00. The number of rotatable bonds is 4. The maximum absolute atomic E-state index is 12.9. The van der Waals surface area contributed by atoms with Crippen LogP contribution in [0.3, 0.4) is 0 Å². The monoisotopic (exact) mass is 259 g/mol. The summed E-state index contributed by atoms with van der Waals surface area (Å²) in [6.07, 6.45) is 0. The highest BCUT2D eigenvalue weighted by Gasteiger charge is 2.05. The van der Waals surface area contributed by atoms with Gasteiger partial charge in [0.15, 0.2) is 6.61 Å². The van der Waals surface area contributed by atoms with Crippen LogP contribution in [0.2, 0.25) is 0 Å². The lowest BCUT2D eigenvalue weighted by Crippen LogP contribution is -2.20. The SMILES string of the molecule is Cc1cc(F)ccc1OCC(=O)Nc1ccccc1. The molecule has 0 aliphatic carbocycles. The number of halogens is 1. The molecule has 98 valence electrons. The van der Waals surface area contributed by atoms with Gasteiger partial charge in [-0.1, -0.05) is 18.2 Å². The molecule has 0 aliphatic heterocycles. The van der Waals surface area contributed by atoms with Gasteiger partial charge >= 0.3 is 0 Å². The predicted octanol–water partition coefficient (Wildman–Crippen LogP) is 3.15. The average molecular weight is 259 g/mol. The van der Waals surface area contributed by atoms with E-state index in [4.69, 9.17) is 4.74 Å². The Labute approximate surface area is 111 Å². The first kappa shape index (κ1) is 13.1. The summed E-state index contributed by atoms with van der Waals surface area (Å²) in [4.78, 5) is 11.7. The third kappa shape index (κ3) is 3.81. The molecule has 2 aromatic carbocycles. The van der Waals surface area contributed by atoms with Crippen molar-refractivity contribution in [2.75, 3.05) is 11.9 Å². The fraction of sp³-hybridized carbons (Fsp3) is 0.133. The van der Waals surface area contributed by atoms with Gasteiger partial charge in [-0.15, -0.1) is 0 Å². The zero-order chi connectivity index (χ0) is 13.7. The molecule has 0 unspecified atom stereocenters. The number of benzene rings is 2. The van der Waals surface area contributed by atoms with Crippen molar-refractivity contribution >= 4 is 11.6 Å². The van der Waals surface area contributed by atoms with Crippen molar-refractivity contribution in [1.82, 2.24) is 0 Å². The van der Waals surface area contributed by atoms with E-state index in [1.165, 1.54) is 18.2 Å². The van der Waals surface area contributed by atoms with Crippen LogP contribution in [0.15, 0.2) is 48.5 Å². The molecule has 2 rings (SSSR count). The van der Waals surface area contributed by atoms with Crippen molar-refractivity contribution in [3.05, 3.63) is 59.9 Å². The largest absolute Gasteiger partial charge is 0.483 e. The highest BCUT2D eigenvalue weighted by Crippen LogP contribution is 2.18. The topological polar surface area (TPSA) is 38.3 Å². The molecule has 19 heavy (non-hydrogen) atoms. The molecular weight excluding hydrogens is 245 g/mol. The van der Waals surface area contributed by atoms with E-state index in [-0.39, 0.29) is 18.3 Å². The number of para-hydroxylation sites is 1. The lowest BCUT2D eigenvalue weighted by Gasteiger charge is -2.09. The number of amides is 1. The van der Waals surface area contributed by atoms with Gasteiger partial charge in [-0.05, 0) is 42.8 Å². The van der Waals surface area contributed by atoms with Gasteiger partial charge in [-0.2, -0.15) is 0 Å². The first-order valence-electron chi connectivity index (χ1n) is 5.89. The van der Waals surface area contributed by atoms with Crippen molar-refractivity contribution in [3.8, 4) is 5.75 Å². The van der Waals surface area contributed by atoms with Gasteiger partial charge in [-0.3, -0.25) is 4.79 Å². The number of ether oxygens (including phenoxy) is 1. The number of anilines is 1. The normalized spacial score (nSPS) is 10.0. The van der Waals surface area contributed by atoms with Crippen molar-refractivity contribution in [2.24, 2.45) is 0 Å². The van der Waals surface area contributed by atoms with Crippen LogP contribution in [0.5, 0.6) is 5.75 Å². The summed E-state index contributed by atoms with van der Waals surface area (Å²) < 4.78 is 18.2. The van der Waals surface area contributed by atoms with Crippen LogP contribution in [-0.2, 0) is 4.79 Å². The van der Waals surface area contributed by atoms with E-state index in [0.717, 1.165) is 0 Å². The molecule has 0 atom stereocenters. The maximum Gasteiger partial charge on any atom is 0.262 e. The quantitative estimate of drug-likeness (QED) is 0.916. The van der Waals surface area contributed by atoms with Gasteiger partial charge in [0.1, 0.15) is 11.6 Å². The number of aryl methyl sites for hydroxylation is 1. The number of carbonyl (C=O) groups is 1. The van der Waals surface area contributed by atoms with E-state index >= 15 is 0 Å². The van der Waals surface area contributed by atoms with Gasteiger partial charge in [0.25, 0.3) is 5.91 Å². The number of nitrogens with one attached hydrogen (secondary N) is 1. The fourth-order valence-electron chi connectivity index (χ4n) is 1.64. The average Bonchev–Trinajstić information content (AvgIpc) is 2.39. The molecule has 0 bridgehead atoms. The smallest absolute Gasteiger partial charge is 0.262 e. The molecule has 3 nitrogen and oxygen atoms in total. The van der Waals surface area contributed by atoms with E-state index in [9.17, 15) is 9.18 Å². The highest BCUT2D eigenvalue weighted by molar-refractivity contribution is 5.91. The lowest BCUT2D eigenvalue weighted by atomic mass is 10.2. The predicted molar refractivity (Wildman–Crippen MR) is 71.7 cm³/mol. The van der Waals surface area contributed by atoms with Crippen LogP contribution >= 0.6 is 0 Å². The summed E-state index contributed by atoms with van der Waals surface area (Å²) in [5.74, 6) is -0.0712. The standard InChI is InChI=1S/C15H14FNO2/c1-11-9-12(16)7-8-14(11)19-10-15(18)17-13-5-3-2-4-6-13/h2-9H,10H2,1H3,(H,17,18). The molecule has 0 spiro atoms. The summed E-state index contributed by atoms with van der Waals surface area (Å²) in [6.45, 7) is 1.62. The minimum Gasteiger partial charge on any atom is -0.483 e. The van der Waals surface area contributed by atoms with Crippen molar-refractivity contribution in [2.45, 2.75) is 6.92 Å². The zero-order valence-corrected chi connectivity index (χ0v) is 10.5. The minimum absolute atomic E-state index is 0.110. The Morgan fingerprint density at radius 2 is 1.95 bits per heavy atom. The Morgan fingerprint density at radius 3 is 2.63 bits per heavy atom. The molecule has 0 aromatic heterocycles. The van der Waals surface area contributed by atoms with Crippen molar-refractivity contribution in [3.63, 3.8) is 0 Å². The fourth-order valence-corrected chi connectivity index (χ4v) is 1.64. The lowest BCUT2D eigenvalue weighted by molar-refractivity contribution is -0.118. The minimum atomic E-state index is -0.321. The molecule has 1 amide bonds. The molecule has 2 aromatic rings. The van der Waals surface area contributed by atoms with E-state index in [2.05, 4.69) is 5.32 Å². The zero-order valence-electron chi connectivity index (χ0n) is 10.5. The molecule has 0 aliphatic rings. The van der Waals surface area contributed by atoms with Crippen LogP contribution in [0.25, 0.3) is 0 Å². The third-order valence-electron chi connectivity index (χ3n) is 2.55. The van der Waals surface area contributed by atoms with Crippen molar-refractivity contribution < 1.29 is 13.9 Å². The molecule has 0 fully saturated rings. The Bertz CT molecular complexity index is 570. The molecule has 4 heteroatoms. The summed E-state index contributed by atoms with van der Waals surface area (Å²) in [5.41, 5.74) is 1.37. The molecule has 1 N–H and O–H groups in total. The summed E-state index contributed by atoms with van der Waals surface area (Å²) >= 11 is 0.